The second-order valence-electron chi connectivity index (χ2n) is 6.95. The van der Waals surface area contributed by atoms with Crippen LogP contribution in [0.2, 0.25) is 0 Å². The number of benzene rings is 3. The average molecular weight is 441 g/mol. The standard InChI is InChI=1S/C22H20N2O4S2/c1-24(18-9-10-20-17(13-18)14-21(29-20)22(25)23-26)30(27,28)12-11-16-7-4-6-15-5-2-3-8-19(15)16/h2-10,13-14,26H,11-12H2,1H3,(H,23,25). The summed E-state index contributed by atoms with van der Waals surface area (Å²) in [6.45, 7) is 0. The number of anilines is 1. The van der Waals surface area contributed by atoms with Crippen molar-refractivity contribution >= 4 is 53.8 Å². The van der Waals surface area contributed by atoms with Crippen LogP contribution in [0, 0.1) is 0 Å². The third-order valence-corrected chi connectivity index (χ3v) is 8.00. The maximum absolute atomic E-state index is 13.0. The van der Waals surface area contributed by atoms with Gasteiger partial charge in [0.2, 0.25) is 10.0 Å². The number of hydrogen-bond donors (Lipinski definition) is 2. The summed E-state index contributed by atoms with van der Waals surface area (Å²) in [5.41, 5.74) is 3.13. The van der Waals surface area contributed by atoms with E-state index < -0.39 is 15.9 Å². The fourth-order valence-corrected chi connectivity index (χ4v) is 5.56. The Balaban J connectivity index is 1.57. The van der Waals surface area contributed by atoms with Gasteiger partial charge in [0, 0.05) is 11.7 Å². The molecule has 0 aliphatic rings. The molecule has 0 spiro atoms. The number of fused-ring (bicyclic) bond motifs is 2. The summed E-state index contributed by atoms with van der Waals surface area (Å²) < 4.78 is 28.0. The van der Waals surface area contributed by atoms with Gasteiger partial charge in [0.1, 0.15) is 0 Å². The highest BCUT2D eigenvalue weighted by molar-refractivity contribution is 7.92. The Morgan fingerprint density at radius 1 is 1.03 bits per heavy atom. The zero-order chi connectivity index (χ0) is 21.3. The van der Waals surface area contributed by atoms with E-state index in [1.165, 1.54) is 22.7 Å². The van der Waals surface area contributed by atoms with Crippen LogP contribution in [-0.2, 0) is 16.4 Å². The Bertz CT molecular complexity index is 1340. The van der Waals surface area contributed by atoms with Crippen LogP contribution >= 0.6 is 11.3 Å². The maximum atomic E-state index is 13.0. The molecule has 0 saturated heterocycles. The molecule has 4 rings (SSSR count). The lowest BCUT2D eigenvalue weighted by molar-refractivity contribution is 0.0711. The van der Waals surface area contributed by atoms with E-state index in [0.717, 1.165) is 26.4 Å². The summed E-state index contributed by atoms with van der Waals surface area (Å²) in [5, 5.41) is 11.7. The molecular weight excluding hydrogens is 420 g/mol. The predicted octanol–water partition coefficient (Wildman–Crippen LogP) is 4.18. The molecule has 3 aromatic carbocycles. The number of aryl methyl sites for hydroxylation is 1. The Morgan fingerprint density at radius 2 is 1.80 bits per heavy atom. The number of hydroxylamine groups is 1. The fourth-order valence-electron chi connectivity index (χ4n) is 3.44. The van der Waals surface area contributed by atoms with Crippen molar-refractivity contribution in [3.8, 4) is 0 Å². The molecule has 0 bridgehead atoms. The van der Waals surface area contributed by atoms with Crippen LogP contribution in [0.25, 0.3) is 20.9 Å². The van der Waals surface area contributed by atoms with Crippen LogP contribution < -0.4 is 9.79 Å². The van der Waals surface area contributed by atoms with Gasteiger partial charge in [-0.05, 0) is 52.4 Å². The van der Waals surface area contributed by atoms with Crippen molar-refractivity contribution in [1.29, 1.82) is 0 Å². The number of nitrogens with zero attached hydrogens (tertiary/aromatic N) is 1. The zero-order valence-corrected chi connectivity index (χ0v) is 17.8. The molecule has 0 atom stereocenters. The number of sulfonamides is 1. The van der Waals surface area contributed by atoms with Gasteiger partial charge in [-0.15, -0.1) is 11.3 Å². The first-order valence-corrected chi connectivity index (χ1v) is 11.7. The van der Waals surface area contributed by atoms with Crippen molar-refractivity contribution in [1.82, 2.24) is 5.48 Å². The monoisotopic (exact) mass is 440 g/mol. The molecule has 0 unspecified atom stereocenters. The van der Waals surface area contributed by atoms with Gasteiger partial charge in [0.15, 0.2) is 0 Å². The average Bonchev–Trinajstić information content (AvgIpc) is 3.20. The van der Waals surface area contributed by atoms with Crippen LogP contribution in [0.1, 0.15) is 15.2 Å². The predicted molar refractivity (Wildman–Crippen MR) is 121 cm³/mol. The third-order valence-electron chi connectivity index (χ3n) is 5.12. The van der Waals surface area contributed by atoms with Crippen LogP contribution in [0.15, 0.2) is 66.7 Å². The van der Waals surface area contributed by atoms with Gasteiger partial charge in [-0.25, -0.2) is 13.9 Å². The van der Waals surface area contributed by atoms with Crippen LogP contribution in [-0.4, -0.2) is 32.3 Å². The lowest BCUT2D eigenvalue weighted by Crippen LogP contribution is -2.29. The summed E-state index contributed by atoms with van der Waals surface area (Å²) in [4.78, 5) is 12.0. The highest BCUT2D eigenvalue weighted by Gasteiger charge is 2.20. The summed E-state index contributed by atoms with van der Waals surface area (Å²) in [6, 6.07) is 20.7. The lowest BCUT2D eigenvalue weighted by atomic mass is 10.0. The topological polar surface area (TPSA) is 86.7 Å². The van der Waals surface area contributed by atoms with E-state index in [0.29, 0.717) is 17.0 Å². The third kappa shape index (κ3) is 3.89. The normalized spacial score (nSPS) is 11.7. The largest absolute Gasteiger partial charge is 0.288 e. The van der Waals surface area contributed by atoms with Crippen LogP contribution in [0.4, 0.5) is 5.69 Å². The van der Waals surface area contributed by atoms with Crippen molar-refractivity contribution in [3.05, 3.63) is 77.2 Å². The first-order chi connectivity index (χ1) is 14.4. The van der Waals surface area contributed by atoms with Gasteiger partial charge in [0.05, 0.1) is 16.3 Å². The molecule has 1 amide bonds. The number of hydrogen-bond acceptors (Lipinski definition) is 5. The molecule has 4 aromatic rings. The van der Waals surface area contributed by atoms with Gasteiger partial charge >= 0.3 is 0 Å². The molecule has 8 heteroatoms. The first kappa shape index (κ1) is 20.3. The minimum absolute atomic E-state index is 0.0165. The highest BCUT2D eigenvalue weighted by Crippen LogP contribution is 2.30. The van der Waals surface area contributed by atoms with Crippen molar-refractivity contribution in [2.45, 2.75) is 6.42 Å². The first-order valence-electron chi connectivity index (χ1n) is 9.30. The summed E-state index contributed by atoms with van der Waals surface area (Å²) in [6.07, 6.45) is 0.412. The fraction of sp³-hybridized carbons (Fsp3) is 0.136. The molecule has 154 valence electrons. The minimum atomic E-state index is -3.55. The Hall–Kier alpha value is -2.94. The second-order valence-corrected chi connectivity index (χ2v) is 10.1. The molecule has 30 heavy (non-hydrogen) atoms. The SMILES string of the molecule is CN(c1ccc2sc(C(=O)NO)cc2c1)S(=O)(=O)CCc1cccc2ccccc12. The van der Waals surface area contributed by atoms with Gasteiger partial charge in [-0.1, -0.05) is 42.5 Å². The number of carbonyl (C=O) groups is 1. The minimum Gasteiger partial charge on any atom is -0.288 e. The van der Waals surface area contributed by atoms with E-state index in [9.17, 15) is 13.2 Å². The van der Waals surface area contributed by atoms with E-state index >= 15 is 0 Å². The molecule has 0 aliphatic heterocycles. The van der Waals surface area contributed by atoms with Crippen molar-refractivity contribution < 1.29 is 18.4 Å². The Morgan fingerprint density at radius 3 is 2.60 bits per heavy atom. The van der Waals surface area contributed by atoms with Crippen molar-refractivity contribution in [2.75, 3.05) is 17.1 Å². The molecule has 2 N–H and O–H groups in total. The van der Waals surface area contributed by atoms with Crippen molar-refractivity contribution in [3.63, 3.8) is 0 Å². The molecule has 0 radical (unpaired) electrons. The van der Waals surface area contributed by atoms with Gasteiger partial charge in [-0.2, -0.15) is 0 Å². The number of rotatable bonds is 6. The molecule has 0 aliphatic carbocycles. The Kier molecular flexibility index (Phi) is 5.46. The quantitative estimate of drug-likeness (QED) is 0.348. The molecule has 1 aromatic heterocycles. The van der Waals surface area contributed by atoms with Crippen LogP contribution in [0.5, 0.6) is 0 Å². The maximum Gasteiger partial charge on any atom is 0.284 e. The Labute approximate surface area is 178 Å². The van der Waals surface area contributed by atoms with E-state index in [2.05, 4.69) is 0 Å². The zero-order valence-electron chi connectivity index (χ0n) is 16.2. The summed E-state index contributed by atoms with van der Waals surface area (Å²) >= 11 is 1.23. The van der Waals surface area contributed by atoms with Gasteiger partial charge in [0.25, 0.3) is 5.91 Å². The summed E-state index contributed by atoms with van der Waals surface area (Å²) in [5.74, 6) is -0.606. The van der Waals surface area contributed by atoms with E-state index in [4.69, 9.17) is 5.21 Å². The molecule has 1 heterocycles. The molecule has 0 saturated carbocycles. The lowest BCUT2D eigenvalue weighted by Gasteiger charge is -2.20. The second kappa shape index (κ2) is 8.06. The van der Waals surface area contributed by atoms with E-state index in [1.807, 2.05) is 42.5 Å². The number of carbonyl (C=O) groups excluding carboxylic acids is 1. The molecule has 0 fully saturated rings. The molecule has 6 nitrogen and oxygen atoms in total. The van der Waals surface area contributed by atoms with Gasteiger partial charge in [-0.3, -0.25) is 14.3 Å². The number of amides is 1. The summed E-state index contributed by atoms with van der Waals surface area (Å²) in [7, 11) is -2.01. The van der Waals surface area contributed by atoms with E-state index in [-0.39, 0.29) is 5.75 Å². The van der Waals surface area contributed by atoms with Crippen molar-refractivity contribution in [2.24, 2.45) is 0 Å². The van der Waals surface area contributed by atoms with Crippen LogP contribution in [0.3, 0.4) is 0 Å². The number of nitrogens with one attached hydrogen (secondary N) is 1. The smallest absolute Gasteiger partial charge is 0.284 e. The molecular formula is C22H20N2O4S2. The van der Waals surface area contributed by atoms with Gasteiger partial charge < -0.3 is 0 Å². The van der Waals surface area contributed by atoms with E-state index in [1.54, 1.807) is 29.7 Å². The number of thiophene rings is 1. The highest BCUT2D eigenvalue weighted by atomic mass is 32.2.